The molecule has 0 unspecified atom stereocenters. The van der Waals surface area contributed by atoms with Gasteiger partial charge >= 0.3 is 0 Å². The molecule has 0 saturated carbocycles. The summed E-state index contributed by atoms with van der Waals surface area (Å²) in [7, 11) is -3.56. The molecule has 7 nitrogen and oxygen atoms in total. The first kappa shape index (κ1) is 17.3. The second kappa shape index (κ2) is 6.78. The van der Waals surface area contributed by atoms with E-state index in [2.05, 4.69) is 4.98 Å². The Morgan fingerprint density at radius 1 is 1.36 bits per heavy atom. The van der Waals surface area contributed by atoms with E-state index in [-0.39, 0.29) is 24.4 Å². The Morgan fingerprint density at radius 2 is 2.16 bits per heavy atom. The van der Waals surface area contributed by atoms with Gasteiger partial charge in [0.1, 0.15) is 0 Å². The van der Waals surface area contributed by atoms with E-state index in [1.165, 1.54) is 15.2 Å². The molecule has 0 spiro atoms. The van der Waals surface area contributed by atoms with Crippen LogP contribution in [0, 0.1) is 11.3 Å². The lowest BCUT2D eigenvalue weighted by molar-refractivity contribution is 0.380. The van der Waals surface area contributed by atoms with Gasteiger partial charge in [0.25, 0.3) is 5.56 Å². The van der Waals surface area contributed by atoms with E-state index in [1.807, 2.05) is 13.0 Å². The van der Waals surface area contributed by atoms with Crippen LogP contribution in [-0.2, 0) is 35.3 Å². The summed E-state index contributed by atoms with van der Waals surface area (Å²) in [6, 6.07) is 8.58. The highest BCUT2D eigenvalue weighted by Crippen LogP contribution is 2.20. The molecule has 3 rings (SSSR count). The molecular formula is C17H18N4O3S. The maximum atomic E-state index is 12.7. The van der Waals surface area contributed by atoms with E-state index in [0.29, 0.717) is 35.3 Å². The highest BCUT2D eigenvalue weighted by Gasteiger charge is 2.29. The number of aromatic nitrogens is 2. The van der Waals surface area contributed by atoms with Crippen LogP contribution in [0.3, 0.4) is 0 Å². The lowest BCUT2D eigenvalue weighted by Gasteiger charge is -2.27. The minimum atomic E-state index is -3.56. The molecule has 0 atom stereocenters. The highest BCUT2D eigenvalue weighted by molar-refractivity contribution is 7.88. The Bertz CT molecular complexity index is 1010. The Kier molecular flexibility index (Phi) is 4.70. The molecule has 8 heteroatoms. The number of fused-ring (bicyclic) bond motifs is 1. The third kappa shape index (κ3) is 3.48. The standard InChI is InChI=1S/C17H18N4O3S/c1-2-20-12-19-16-10-21(7-6-15(16)17(20)22)25(23,24)11-14-5-3-4-13(8-14)9-18/h3-5,8,12H,2,6-7,10-11H2,1H3. The number of hydrogen-bond donors (Lipinski definition) is 0. The Balaban J connectivity index is 1.84. The van der Waals surface area contributed by atoms with Crippen molar-refractivity contribution < 1.29 is 8.42 Å². The van der Waals surface area contributed by atoms with E-state index in [0.717, 1.165) is 0 Å². The fourth-order valence-corrected chi connectivity index (χ4v) is 4.40. The number of benzene rings is 1. The number of sulfonamides is 1. The number of nitrogens with zero attached hydrogens (tertiary/aromatic N) is 4. The fraction of sp³-hybridized carbons (Fsp3) is 0.353. The fourth-order valence-electron chi connectivity index (χ4n) is 2.93. The second-order valence-corrected chi connectivity index (χ2v) is 7.88. The summed E-state index contributed by atoms with van der Waals surface area (Å²) in [6.07, 6.45) is 1.83. The van der Waals surface area contributed by atoms with Gasteiger partial charge in [0, 0.05) is 18.7 Å². The van der Waals surface area contributed by atoms with E-state index in [4.69, 9.17) is 5.26 Å². The Labute approximate surface area is 146 Å². The highest BCUT2D eigenvalue weighted by atomic mass is 32.2. The quantitative estimate of drug-likeness (QED) is 0.813. The minimum absolute atomic E-state index is 0.0914. The summed E-state index contributed by atoms with van der Waals surface area (Å²) in [5, 5.41) is 8.94. The van der Waals surface area contributed by atoms with Gasteiger partial charge < -0.3 is 0 Å². The van der Waals surface area contributed by atoms with Crippen molar-refractivity contribution in [3.63, 3.8) is 0 Å². The molecular weight excluding hydrogens is 340 g/mol. The van der Waals surface area contributed by atoms with Crippen LogP contribution in [0.5, 0.6) is 0 Å². The summed E-state index contributed by atoms with van der Waals surface area (Å²) in [5.74, 6) is -0.177. The van der Waals surface area contributed by atoms with E-state index in [9.17, 15) is 13.2 Å². The Hall–Kier alpha value is -2.50. The molecule has 1 aliphatic heterocycles. The zero-order valence-electron chi connectivity index (χ0n) is 13.8. The van der Waals surface area contributed by atoms with Crippen LogP contribution >= 0.6 is 0 Å². The molecule has 2 heterocycles. The topological polar surface area (TPSA) is 96.1 Å². The monoisotopic (exact) mass is 358 g/mol. The molecule has 25 heavy (non-hydrogen) atoms. The van der Waals surface area contributed by atoms with Gasteiger partial charge in [0.05, 0.1) is 36.0 Å². The summed E-state index contributed by atoms with van der Waals surface area (Å²) >= 11 is 0. The molecule has 0 N–H and O–H groups in total. The van der Waals surface area contributed by atoms with Crippen molar-refractivity contribution >= 4 is 10.0 Å². The molecule has 0 bridgehead atoms. The van der Waals surface area contributed by atoms with Gasteiger partial charge in [0.15, 0.2) is 0 Å². The minimum Gasteiger partial charge on any atom is -0.299 e. The molecule has 0 aliphatic carbocycles. The summed E-state index contributed by atoms with van der Waals surface area (Å²) < 4.78 is 28.3. The zero-order valence-corrected chi connectivity index (χ0v) is 14.7. The molecule has 0 amide bonds. The first-order valence-corrected chi connectivity index (χ1v) is 9.59. The average molecular weight is 358 g/mol. The lowest BCUT2D eigenvalue weighted by Crippen LogP contribution is -2.40. The van der Waals surface area contributed by atoms with Crippen molar-refractivity contribution in [1.82, 2.24) is 13.9 Å². The van der Waals surface area contributed by atoms with E-state index in [1.54, 1.807) is 24.3 Å². The van der Waals surface area contributed by atoms with Gasteiger partial charge in [-0.15, -0.1) is 0 Å². The van der Waals surface area contributed by atoms with Crippen LogP contribution in [-0.4, -0.2) is 28.8 Å². The van der Waals surface area contributed by atoms with Crippen LogP contribution in [0.25, 0.3) is 0 Å². The van der Waals surface area contributed by atoms with Crippen LogP contribution in [0.4, 0.5) is 0 Å². The van der Waals surface area contributed by atoms with Crippen LogP contribution < -0.4 is 5.56 Å². The summed E-state index contributed by atoms with van der Waals surface area (Å²) in [5.41, 5.74) is 2.03. The molecule has 130 valence electrons. The van der Waals surface area contributed by atoms with Gasteiger partial charge in [-0.3, -0.25) is 9.36 Å². The van der Waals surface area contributed by atoms with Gasteiger partial charge in [-0.1, -0.05) is 12.1 Å². The van der Waals surface area contributed by atoms with Gasteiger partial charge in [-0.05, 0) is 31.0 Å². The van der Waals surface area contributed by atoms with Crippen LogP contribution in [0.2, 0.25) is 0 Å². The first-order valence-electron chi connectivity index (χ1n) is 7.98. The number of nitriles is 1. The van der Waals surface area contributed by atoms with Crippen molar-refractivity contribution in [2.45, 2.75) is 32.2 Å². The van der Waals surface area contributed by atoms with Crippen LogP contribution in [0.1, 0.15) is 29.3 Å². The molecule has 0 radical (unpaired) electrons. The third-order valence-corrected chi connectivity index (χ3v) is 6.09. The van der Waals surface area contributed by atoms with Gasteiger partial charge in [-0.2, -0.15) is 9.57 Å². The van der Waals surface area contributed by atoms with Crippen molar-refractivity contribution in [2.24, 2.45) is 0 Å². The van der Waals surface area contributed by atoms with Crippen molar-refractivity contribution in [3.05, 3.63) is 63.3 Å². The number of hydrogen-bond acceptors (Lipinski definition) is 5. The molecule has 1 aliphatic rings. The molecule has 2 aromatic rings. The second-order valence-electron chi connectivity index (χ2n) is 5.91. The lowest BCUT2D eigenvalue weighted by atomic mass is 10.1. The maximum Gasteiger partial charge on any atom is 0.256 e. The van der Waals surface area contributed by atoms with Gasteiger partial charge in [-0.25, -0.2) is 13.4 Å². The summed E-state index contributed by atoms with van der Waals surface area (Å²) in [4.78, 5) is 16.5. The predicted octanol–water partition coefficient (Wildman–Crippen LogP) is 1.02. The zero-order chi connectivity index (χ0) is 18.0. The predicted molar refractivity (Wildman–Crippen MR) is 92.1 cm³/mol. The normalized spacial score (nSPS) is 14.7. The van der Waals surface area contributed by atoms with Crippen molar-refractivity contribution in [2.75, 3.05) is 6.54 Å². The molecule has 0 saturated heterocycles. The first-order chi connectivity index (χ1) is 11.9. The van der Waals surface area contributed by atoms with E-state index >= 15 is 0 Å². The smallest absolute Gasteiger partial charge is 0.256 e. The number of rotatable bonds is 4. The molecule has 1 aromatic heterocycles. The van der Waals surface area contributed by atoms with Gasteiger partial charge in [0.2, 0.25) is 10.0 Å². The third-order valence-electron chi connectivity index (χ3n) is 4.30. The largest absolute Gasteiger partial charge is 0.299 e. The maximum absolute atomic E-state index is 12.7. The van der Waals surface area contributed by atoms with Crippen molar-refractivity contribution in [3.8, 4) is 6.07 Å². The number of aryl methyl sites for hydroxylation is 1. The SMILES string of the molecule is CCn1cnc2c(c1=O)CCN(S(=O)(=O)Cc1cccc(C#N)c1)C2. The molecule has 0 fully saturated rings. The Morgan fingerprint density at radius 3 is 2.88 bits per heavy atom. The average Bonchev–Trinajstić information content (AvgIpc) is 2.61. The van der Waals surface area contributed by atoms with E-state index < -0.39 is 10.0 Å². The van der Waals surface area contributed by atoms with Crippen LogP contribution in [0.15, 0.2) is 35.4 Å². The summed E-state index contributed by atoms with van der Waals surface area (Å²) in [6.45, 7) is 2.77. The van der Waals surface area contributed by atoms with Crippen molar-refractivity contribution in [1.29, 1.82) is 5.26 Å². The molecule has 1 aromatic carbocycles.